The number of carbonyl (C=O) groups is 2. The zero-order chi connectivity index (χ0) is 24.8. The van der Waals surface area contributed by atoms with Gasteiger partial charge in [-0.3, -0.25) is 4.79 Å². The standard InChI is InChI=1S/C28H26N2O5/c1-4-34-26-17-21(16-24-19(2)29-30(27(24)31)23-8-6-5-7-9-23)12-15-25(26)35-18-20-10-13-22(14-11-20)28(32)33-3/h5-17H,4,18H2,1-3H3/b24-16-. The zero-order valence-corrected chi connectivity index (χ0v) is 19.9. The molecule has 3 aromatic carbocycles. The summed E-state index contributed by atoms with van der Waals surface area (Å²) in [5.74, 6) is 0.601. The number of hydrogen-bond donors (Lipinski definition) is 0. The molecule has 0 aromatic heterocycles. The van der Waals surface area contributed by atoms with E-state index in [0.29, 0.717) is 41.6 Å². The Hall–Kier alpha value is -4.39. The maximum absolute atomic E-state index is 13.0. The van der Waals surface area contributed by atoms with E-state index in [4.69, 9.17) is 14.2 Å². The summed E-state index contributed by atoms with van der Waals surface area (Å²) in [6.45, 7) is 4.48. The molecular formula is C28H26N2O5. The fourth-order valence-corrected chi connectivity index (χ4v) is 3.61. The van der Waals surface area contributed by atoms with Gasteiger partial charge in [0.05, 0.1) is 36.3 Å². The topological polar surface area (TPSA) is 77.4 Å². The first-order valence-electron chi connectivity index (χ1n) is 11.2. The first-order valence-corrected chi connectivity index (χ1v) is 11.2. The number of hydrazone groups is 1. The number of benzene rings is 3. The van der Waals surface area contributed by atoms with Gasteiger partial charge >= 0.3 is 5.97 Å². The van der Waals surface area contributed by atoms with Crippen molar-refractivity contribution in [2.75, 3.05) is 18.7 Å². The van der Waals surface area contributed by atoms with E-state index in [2.05, 4.69) is 5.10 Å². The SMILES string of the molecule is CCOc1cc(/C=C2\C(=O)N(c3ccccc3)N=C2C)ccc1OCc1ccc(C(=O)OC)cc1. The van der Waals surface area contributed by atoms with Crippen LogP contribution in [0.4, 0.5) is 5.69 Å². The molecule has 35 heavy (non-hydrogen) atoms. The van der Waals surface area contributed by atoms with E-state index in [1.165, 1.54) is 12.1 Å². The van der Waals surface area contributed by atoms with Gasteiger partial charge in [-0.1, -0.05) is 36.4 Å². The molecule has 0 atom stereocenters. The first-order chi connectivity index (χ1) is 17.0. The van der Waals surface area contributed by atoms with Gasteiger partial charge in [0.25, 0.3) is 5.91 Å². The van der Waals surface area contributed by atoms with E-state index >= 15 is 0 Å². The number of methoxy groups -OCH3 is 1. The third kappa shape index (κ3) is 5.41. The Morgan fingerprint density at radius 2 is 1.71 bits per heavy atom. The molecule has 0 bridgehead atoms. The number of carbonyl (C=O) groups excluding carboxylic acids is 2. The molecule has 3 aromatic rings. The van der Waals surface area contributed by atoms with Crippen molar-refractivity contribution in [3.63, 3.8) is 0 Å². The predicted octanol–water partition coefficient (Wildman–Crippen LogP) is 5.26. The van der Waals surface area contributed by atoms with E-state index in [1.54, 1.807) is 12.1 Å². The van der Waals surface area contributed by atoms with E-state index in [1.807, 2.05) is 80.6 Å². The second kappa shape index (κ2) is 10.7. The Morgan fingerprint density at radius 3 is 2.40 bits per heavy atom. The minimum atomic E-state index is -0.381. The zero-order valence-electron chi connectivity index (χ0n) is 19.9. The molecule has 0 saturated heterocycles. The van der Waals surface area contributed by atoms with Crippen LogP contribution in [-0.4, -0.2) is 31.3 Å². The van der Waals surface area contributed by atoms with E-state index in [-0.39, 0.29) is 11.9 Å². The Bertz CT molecular complexity index is 1280. The van der Waals surface area contributed by atoms with Gasteiger partial charge in [-0.25, -0.2) is 4.79 Å². The summed E-state index contributed by atoms with van der Waals surface area (Å²) >= 11 is 0. The molecule has 0 radical (unpaired) electrons. The number of hydrogen-bond acceptors (Lipinski definition) is 6. The summed E-state index contributed by atoms with van der Waals surface area (Å²) in [5.41, 5.74) is 4.07. The second-order valence-corrected chi connectivity index (χ2v) is 7.81. The second-order valence-electron chi connectivity index (χ2n) is 7.81. The van der Waals surface area contributed by atoms with Crippen molar-refractivity contribution in [2.45, 2.75) is 20.5 Å². The van der Waals surface area contributed by atoms with Gasteiger partial charge in [0.2, 0.25) is 0 Å². The fourth-order valence-electron chi connectivity index (χ4n) is 3.61. The van der Waals surface area contributed by atoms with Crippen molar-refractivity contribution in [1.29, 1.82) is 0 Å². The van der Waals surface area contributed by atoms with Gasteiger partial charge in [-0.15, -0.1) is 0 Å². The molecule has 7 nitrogen and oxygen atoms in total. The Balaban J connectivity index is 1.51. The highest BCUT2D eigenvalue weighted by molar-refractivity contribution is 6.32. The van der Waals surface area contributed by atoms with E-state index in [0.717, 1.165) is 16.8 Å². The lowest BCUT2D eigenvalue weighted by molar-refractivity contribution is -0.114. The third-order valence-electron chi connectivity index (χ3n) is 5.41. The lowest BCUT2D eigenvalue weighted by Crippen LogP contribution is -2.21. The Labute approximate surface area is 204 Å². The molecule has 1 aliphatic heterocycles. The van der Waals surface area contributed by atoms with Crippen LogP contribution in [0.3, 0.4) is 0 Å². The van der Waals surface area contributed by atoms with E-state index < -0.39 is 0 Å². The highest BCUT2D eigenvalue weighted by Gasteiger charge is 2.28. The quantitative estimate of drug-likeness (QED) is 0.332. The van der Waals surface area contributed by atoms with Gasteiger partial charge < -0.3 is 14.2 Å². The molecule has 1 amide bonds. The normalized spacial score (nSPS) is 14.1. The number of anilines is 1. The lowest BCUT2D eigenvalue weighted by Gasteiger charge is -2.13. The van der Waals surface area contributed by atoms with Gasteiger partial charge in [0.1, 0.15) is 6.61 Å². The molecule has 7 heteroatoms. The van der Waals surface area contributed by atoms with Crippen molar-refractivity contribution < 1.29 is 23.8 Å². The molecule has 178 valence electrons. The Kier molecular flexibility index (Phi) is 7.26. The van der Waals surface area contributed by atoms with Gasteiger partial charge in [-0.2, -0.15) is 10.1 Å². The molecule has 4 rings (SSSR count). The number of esters is 1. The number of ether oxygens (including phenoxy) is 3. The van der Waals surface area contributed by atoms with Crippen LogP contribution in [0.1, 0.15) is 35.3 Å². The molecule has 1 heterocycles. The van der Waals surface area contributed by atoms with Crippen LogP contribution in [0.2, 0.25) is 0 Å². The van der Waals surface area contributed by atoms with Crippen LogP contribution in [-0.2, 0) is 16.1 Å². The fraction of sp³-hybridized carbons (Fsp3) is 0.179. The number of rotatable bonds is 8. The molecule has 1 aliphatic rings. The lowest BCUT2D eigenvalue weighted by atomic mass is 10.1. The summed E-state index contributed by atoms with van der Waals surface area (Å²) in [6, 6.07) is 21.9. The van der Waals surface area contributed by atoms with Crippen LogP contribution in [0.5, 0.6) is 11.5 Å². The molecule has 0 aliphatic carbocycles. The number of amides is 1. The minimum absolute atomic E-state index is 0.178. The summed E-state index contributed by atoms with van der Waals surface area (Å²) in [7, 11) is 1.35. The average molecular weight is 471 g/mol. The van der Waals surface area contributed by atoms with Crippen molar-refractivity contribution in [3.05, 3.63) is 95.1 Å². The van der Waals surface area contributed by atoms with Crippen LogP contribution in [0.25, 0.3) is 6.08 Å². The van der Waals surface area contributed by atoms with Gasteiger partial charge in [0.15, 0.2) is 11.5 Å². The molecule has 0 unspecified atom stereocenters. The molecular weight excluding hydrogens is 444 g/mol. The summed E-state index contributed by atoms with van der Waals surface area (Å²) < 4.78 is 16.5. The van der Waals surface area contributed by atoms with Crippen LogP contribution >= 0.6 is 0 Å². The van der Waals surface area contributed by atoms with Crippen molar-refractivity contribution >= 4 is 29.4 Å². The average Bonchev–Trinajstić information content (AvgIpc) is 3.17. The van der Waals surface area contributed by atoms with Crippen LogP contribution < -0.4 is 14.5 Å². The smallest absolute Gasteiger partial charge is 0.337 e. The maximum atomic E-state index is 13.0. The predicted molar refractivity (Wildman–Crippen MR) is 135 cm³/mol. The van der Waals surface area contributed by atoms with Crippen molar-refractivity contribution in [3.8, 4) is 11.5 Å². The van der Waals surface area contributed by atoms with Gasteiger partial charge in [-0.05, 0) is 67.4 Å². The van der Waals surface area contributed by atoms with Crippen LogP contribution in [0, 0.1) is 0 Å². The monoisotopic (exact) mass is 470 g/mol. The molecule has 0 N–H and O–H groups in total. The minimum Gasteiger partial charge on any atom is -0.490 e. The van der Waals surface area contributed by atoms with Crippen LogP contribution in [0.15, 0.2) is 83.5 Å². The highest BCUT2D eigenvalue weighted by Crippen LogP contribution is 2.31. The highest BCUT2D eigenvalue weighted by atomic mass is 16.5. The largest absolute Gasteiger partial charge is 0.490 e. The summed E-state index contributed by atoms with van der Waals surface area (Å²) in [5, 5.41) is 5.84. The number of para-hydroxylation sites is 1. The Morgan fingerprint density at radius 1 is 0.971 bits per heavy atom. The summed E-state index contributed by atoms with van der Waals surface area (Å²) in [6.07, 6.45) is 1.81. The first kappa shape index (κ1) is 23.8. The number of nitrogens with zero attached hydrogens (tertiary/aromatic N) is 2. The van der Waals surface area contributed by atoms with Crippen molar-refractivity contribution in [1.82, 2.24) is 0 Å². The van der Waals surface area contributed by atoms with Crippen molar-refractivity contribution in [2.24, 2.45) is 5.10 Å². The van der Waals surface area contributed by atoms with Gasteiger partial charge in [0, 0.05) is 0 Å². The molecule has 0 spiro atoms. The summed E-state index contributed by atoms with van der Waals surface area (Å²) in [4.78, 5) is 24.6. The maximum Gasteiger partial charge on any atom is 0.337 e. The van der Waals surface area contributed by atoms with E-state index in [9.17, 15) is 9.59 Å². The molecule has 0 fully saturated rings. The molecule has 0 saturated carbocycles. The third-order valence-corrected chi connectivity index (χ3v) is 5.41.